The Labute approximate surface area is 96.2 Å². The highest BCUT2D eigenvalue weighted by Crippen LogP contribution is 2.34. The molecule has 1 rings (SSSR count). The van der Waals surface area contributed by atoms with Crippen LogP contribution in [0.25, 0.3) is 0 Å². The van der Waals surface area contributed by atoms with Crippen molar-refractivity contribution in [2.24, 2.45) is 11.3 Å². The van der Waals surface area contributed by atoms with Gasteiger partial charge in [0.05, 0.1) is 0 Å². The van der Waals surface area contributed by atoms with Crippen LogP contribution < -0.4 is 0 Å². The largest absolute Gasteiger partial charge is 0.301 e. The fourth-order valence-corrected chi connectivity index (χ4v) is 2.81. The smallest absolute Gasteiger partial charge is 0.00668 e. The Balaban J connectivity index is 2.36. The second-order valence-corrected chi connectivity index (χ2v) is 6.31. The van der Waals surface area contributed by atoms with E-state index in [1.54, 1.807) is 0 Å². The summed E-state index contributed by atoms with van der Waals surface area (Å²) in [6.45, 7) is 14.5. The number of hydrogen-bond donors (Lipinski definition) is 0. The summed E-state index contributed by atoms with van der Waals surface area (Å²) in [6.07, 6.45) is 5.48. The lowest BCUT2D eigenvalue weighted by molar-refractivity contribution is 0.0848. The summed E-state index contributed by atoms with van der Waals surface area (Å²) in [5.41, 5.74) is 0.514. The highest BCUT2D eigenvalue weighted by molar-refractivity contribution is 4.82. The van der Waals surface area contributed by atoms with E-state index < -0.39 is 0 Å². The zero-order valence-electron chi connectivity index (χ0n) is 11.3. The first-order valence-electron chi connectivity index (χ1n) is 6.69. The molecule has 1 atom stereocenters. The van der Waals surface area contributed by atoms with Crippen LogP contribution in [0.4, 0.5) is 0 Å². The van der Waals surface area contributed by atoms with Crippen LogP contribution in [0.5, 0.6) is 0 Å². The first kappa shape index (κ1) is 13.0. The minimum absolute atomic E-state index is 0.514. The predicted octanol–water partition coefficient (Wildman–Crippen LogP) is 3.93. The normalized spacial score (nSPS) is 23.0. The summed E-state index contributed by atoms with van der Waals surface area (Å²) in [5.74, 6) is 0.933. The lowest BCUT2D eigenvalue weighted by Crippen LogP contribution is -2.42. The van der Waals surface area contributed by atoms with E-state index >= 15 is 0 Å². The third-order valence-electron chi connectivity index (χ3n) is 4.08. The molecule has 1 fully saturated rings. The van der Waals surface area contributed by atoms with Crippen LogP contribution >= 0.6 is 0 Å². The van der Waals surface area contributed by atoms with E-state index in [4.69, 9.17) is 0 Å². The SMILES string of the molecule is CCCC(C)N1CCC(C(C)(C)C)CC1. The van der Waals surface area contributed by atoms with E-state index in [1.807, 2.05) is 0 Å². The summed E-state index contributed by atoms with van der Waals surface area (Å²) in [4.78, 5) is 2.69. The molecule has 0 bridgehead atoms. The van der Waals surface area contributed by atoms with E-state index in [0.29, 0.717) is 5.41 Å². The Kier molecular flexibility index (Phi) is 4.64. The lowest BCUT2D eigenvalue weighted by atomic mass is 9.75. The van der Waals surface area contributed by atoms with Gasteiger partial charge in [-0.1, -0.05) is 34.1 Å². The van der Waals surface area contributed by atoms with Crippen molar-refractivity contribution in [3.63, 3.8) is 0 Å². The average molecular weight is 211 g/mol. The van der Waals surface area contributed by atoms with Gasteiger partial charge in [-0.25, -0.2) is 0 Å². The number of rotatable bonds is 3. The molecule has 0 aromatic rings. The van der Waals surface area contributed by atoms with Crippen molar-refractivity contribution < 1.29 is 0 Å². The molecule has 1 saturated heterocycles. The van der Waals surface area contributed by atoms with Crippen LogP contribution in [0.3, 0.4) is 0 Å². The molecule has 1 aliphatic heterocycles. The van der Waals surface area contributed by atoms with Crippen molar-refractivity contribution in [2.45, 2.75) is 66.3 Å². The zero-order chi connectivity index (χ0) is 11.5. The minimum Gasteiger partial charge on any atom is -0.301 e. The zero-order valence-corrected chi connectivity index (χ0v) is 11.3. The highest BCUT2D eigenvalue weighted by Gasteiger charge is 2.29. The van der Waals surface area contributed by atoms with Crippen molar-refractivity contribution in [1.82, 2.24) is 4.90 Å². The lowest BCUT2D eigenvalue weighted by Gasteiger charge is -2.41. The second-order valence-electron chi connectivity index (χ2n) is 6.31. The molecule has 0 radical (unpaired) electrons. The molecule has 0 N–H and O–H groups in total. The monoisotopic (exact) mass is 211 g/mol. The molecule has 1 heterocycles. The van der Waals surface area contributed by atoms with Crippen LogP contribution in [0.15, 0.2) is 0 Å². The highest BCUT2D eigenvalue weighted by atomic mass is 15.2. The maximum Gasteiger partial charge on any atom is 0.00668 e. The van der Waals surface area contributed by atoms with Crippen molar-refractivity contribution >= 4 is 0 Å². The van der Waals surface area contributed by atoms with Gasteiger partial charge in [-0.3, -0.25) is 0 Å². The summed E-state index contributed by atoms with van der Waals surface area (Å²) in [5, 5.41) is 0. The standard InChI is InChI=1S/C14H29N/c1-6-7-12(2)15-10-8-13(9-11-15)14(3,4)5/h12-13H,6-11H2,1-5H3. The maximum absolute atomic E-state index is 2.69. The van der Waals surface area contributed by atoms with Crippen LogP contribution in [0, 0.1) is 11.3 Å². The quantitative estimate of drug-likeness (QED) is 0.683. The molecule has 1 heteroatoms. The molecule has 0 aromatic heterocycles. The van der Waals surface area contributed by atoms with Gasteiger partial charge in [-0.15, -0.1) is 0 Å². The van der Waals surface area contributed by atoms with Gasteiger partial charge in [0.25, 0.3) is 0 Å². The van der Waals surface area contributed by atoms with Gasteiger partial charge >= 0.3 is 0 Å². The Morgan fingerprint density at radius 2 is 1.73 bits per heavy atom. The molecule has 0 amide bonds. The molecule has 0 aliphatic carbocycles. The molecule has 0 spiro atoms. The molecule has 1 nitrogen and oxygen atoms in total. The maximum atomic E-state index is 2.69. The predicted molar refractivity (Wildman–Crippen MR) is 68.1 cm³/mol. The third kappa shape index (κ3) is 3.79. The summed E-state index contributed by atoms with van der Waals surface area (Å²) in [7, 11) is 0. The van der Waals surface area contributed by atoms with Gasteiger partial charge in [-0.05, 0) is 50.6 Å². The minimum atomic E-state index is 0.514. The van der Waals surface area contributed by atoms with Crippen molar-refractivity contribution in [1.29, 1.82) is 0 Å². The molecule has 1 unspecified atom stereocenters. The van der Waals surface area contributed by atoms with Gasteiger partial charge in [-0.2, -0.15) is 0 Å². The van der Waals surface area contributed by atoms with E-state index in [1.165, 1.54) is 38.8 Å². The Hall–Kier alpha value is -0.0400. The number of hydrogen-bond acceptors (Lipinski definition) is 1. The van der Waals surface area contributed by atoms with E-state index in [2.05, 4.69) is 39.5 Å². The number of likely N-dealkylation sites (tertiary alicyclic amines) is 1. The van der Waals surface area contributed by atoms with Gasteiger partial charge < -0.3 is 4.90 Å². The van der Waals surface area contributed by atoms with Gasteiger partial charge in [0.15, 0.2) is 0 Å². The molecule has 1 aliphatic rings. The number of nitrogens with zero attached hydrogens (tertiary/aromatic N) is 1. The Bertz CT molecular complexity index is 172. The molecular weight excluding hydrogens is 182 g/mol. The molecular formula is C14H29N. The molecule has 90 valence electrons. The van der Waals surface area contributed by atoms with Gasteiger partial charge in [0, 0.05) is 6.04 Å². The molecule has 0 saturated carbocycles. The Morgan fingerprint density at radius 1 is 1.20 bits per heavy atom. The van der Waals surface area contributed by atoms with Crippen LogP contribution in [-0.2, 0) is 0 Å². The summed E-state index contributed by atoms with van der Waals surface area (Å²) < 4.78 is 0. The van der Waals surface area contributed by atoms with Crippen LogP contribution in [0.2, 0.25) is 0 Å². The molecule has 0 aromatic carbocycles. The van der Waals surface area contributed by atoms with Crippen LogP contribution in [0.1, 0.15) is 60.3 Å². The van der Waals surface area contributed by atoms with E-state index in [0.717, 1.165) is 12.0 Å². The summed E-state index contributed by atoms with van der Waals surface area (Å²) >= 11 is 0. The summed E-state index contributed by atoms with van der Waals surface area (Å²) in [6, 6.07) is 0.802. The van der Waals surface area contributed by atoms with Crippen molar-refractivity contribution in [2.75, 3.05) is 13.1 Å². The van der Waals surface area contributed by atoms with Gasteiger partial charge in [0.1, 0.15) is 0 Å². The van der Waals surface area contributed by atoms with Gasteiger partial charge in [0.2, 0.25) is 0 Å². The topological polar surface area (TPSA) is 3.24 Å². The average Bonchev–Trinajstić information content (AvgIpc) is 2.17. The number of piperidine rings is 1. The Morgan fingerprint density at radius 3 is 2.13 bits per heavy atom. The molecule has 15 heavy (non-hydrogen) atoms. The fraction of sp³-hybridized carbons (Fsp3) is 1.00. The van der Waals surface area contributed by atoms with Crippen molar-refractivity contribution in [3.8, 4) is 0 Å². The second kappa shape index (κ2) is 5.34. The third-order valence-corrected chi connectivity index (χ3v) is 4.08. The van der Waals surface area contributed by atoms with Crippen molar-refractivity contribution in [3.05, 3.63) is 0 Å². The fourth-order valence-electron chi connectivity index (χ4n) is 2.81. The van der Waals surface area contributed by atoms with E-state index in [9.17, 15) is 0 Å². The first-order valence-corrected chi connectivity index (χ1v) is 6.69. The first-order chi connectivity index (χ1) is 6.95. The van der Waals surface area contributed by atoms with E-state index in [-0.39, 0.29) is 0 Å². The van der Waals surface area contributed by atoms with Crippen LogP contribution in [-0.4, -0.2) is 24.0 Å².